The molecule has 0 N–H and O–H groups in total. The highest BCUT2D eigenvalue weighted by Gasteiger charge is 2.41. The predicted molar refractivity (Wildman–Crippen MR) is 53.9 cm³/mol. The van der Waals surface area contributed by atoms with Gasteiger partial charge in [-0.2, -0.15) is 8.42 Å². The Kier molecular flexibility index (Phi) is 3.16. The normalized spacial score (nSPS) is 24.2. The Morgan fingerprint density at radius 1 is 1.25 bits per heavy atom. The van der Waals surface area contributed by atoms with E-state index in [9.17, 15) is 17.1 Å². The van der Waals surface area contributed by atoms with Crippen molar-refractivity contribution in [3.05, 3.63) is 0 Å². The summed E-state index contributed by atoms with van der Waals surface area (Å²) in [6, 6.07) is 0. The summed E-state index contributed by atoms with van der Waals surface area (Å²) in [7, 11) is -4.48. The SMILES string of the molecule is O=C(C1CCOCC1)N1CC(S(=O)(=O)F)C1. The standard InChI is InChI=1S/C9H14FNO4S/c10-16(13,14)8-5-11(6-8)9(12)7-1-3-15-4-2-7/h7-8H,1-6H2. The lowest BCUT2D eigenvalue weighted by Gasteiger charge is -2.39. The van der Waals surface area contributed by atoms with Gasteiger partial charge in [-0.15, -0.1) is 3.89 Å². The Hall–Kier alpha value is -0.690. The van der Waals surface area contributed by atoms with E-state index in [4.69, 9.17) is 4.74 Å². The van der Waals surface area contributed by atoms with Gasteiger partial charge < -0.3 is 9.64 Å². The molecule has 92 valence electrons. The maximum Gasteiger partial charge on any atom is 0.308 e. The molecular weight excluding hydrogens is 237 g/mol. The van der Waals surface area contributed by atoms with Crippen LogP contribution in [0, 0.1) is 5.92 Å². The highest BCUT2D eigenvalue weighted by Crippen LogP contribution is 2.24. The summed E-state index contributed by atoms with van der Waals surface area (Å²) >= 11 is 0. The quantitative estimate of drug-likeness (QED) is 0.644. The molecule has 2 fully saturated rings. The van der Waals surface area contributed by atoms with E-state index in [0.717, 1.165) is 0 Å². The van der Waals surface area contributed by atoms with Crippen molar-refractivity contribution < 1.29 is 21.8 Å². The summed E-state index contributed by atoms with van der Waals surface area (Å²) in [5, 5.41) is -1.02. The van der Waals surface area contributed by atoms with Gasteiger partial charge in [0.1, 0.15) is 5.25 Å². The maximum absolute atomic E-state index is 12.5. The second-order valence-corrected chi connectivity index (χ2v) is 5.85. The highest BCUT2D eigenvalue weighted by atomic mass is 32.3. The van der Waals surface area contributed by atoms with Crippen molar-refractivity contribution in [3.63, 3.8) is 0 Å². The van der Waals surface area contributed by atoms with E-state index in [1.807, 2.05) is 0 Å². The minimum absolute atomic E-state index is 0.00494. The van der Waals surface area contributed by atoms with E-state index >= 15 is 0 Å². The van der Waals surface area contributed by atoms with Crippen LogP contribution in [0.4, 0.5) is 3.89 Å². The van der Waals surface area contributed by atoms with Crippen LogP contribution in [0.1, 0.15) is 12.8 Å². The number of hydrogen-bond acceptors (Lipinski definition) is 4. The van der Waals surface area contributed by atoms with Crippen molar-refractivity contribution in [2.24, 2.45) is 5.92 Å². The Morgan fingerprint density at radius 2 is 1.81 bits per heavy atom. The molecular formula is C9H14FNO4S. The molecule has 0 unspecified atom stereocenters. The molecule has 2 aliphatic heterocycles. The number of nitrogens with zero attached hydrogens (tertiary/aromatic N) is 1. The van der Waals surface area contributed by atoms with Crippen LogP contribution in [0.25, 0.3) is 0 Å². The van der Waals surface area contributed by atoms with Gasteiger partial charge in [0.05, 0.1) is 0 Å². The van der Waals surface area contributed by atoms with Crippen molar-refractivity contribution in [2.45, 2.75) is 18.1 Å². The Bertz CT molecular complexity index is 371. The molecule has 0 bridgehead atoms. The van der Waals surface area contributed by atoms with Gasteiger partial charge in [-0.25, -0.2) is 0 Å². The van der Waals surface area contributed by atoms with Crippen LogP contribution < -0.4 is 0 Å². The zero-order chi connectivity index (χ0) is 11.8. The molecule has 0 aromatic rings. The van der Waals surface area contributed by atoms with Gasteiger partial charge >= 0.3 is 10.2 Å². The van der Waals surface area contributed by atoms with Gasteiger partial charge in [-0.05, 0) is 12.8 Å². The van der Waals surface area contributed by atoms with Gasteiger partial charge in [0.2, 0.25) is 5.91 Å². The number of carbonyl (C=O) groups excluding carboxylic acids is 1. The third-order valence-corrected chi connectivity index (χ3v) is 4.22. The van der Waals surface area contributed by atoms with Gasteiger partial charge in [-0.1, -0.05) is 0 Å². The lowest BCUT2D eigenvalue weighted by molar-refractivity contribution is -0.141. The van der Waals surface area contributed by atoms with Gasteiger partial charge in [0.15, 0.2) is 0 Å². The molecule has 1 amide bonds. The molecule has 0 saturated carbocycles. The van der Waals surface area contributed by atoms with Gasteiger partial charge in [-0.3, -0.25) is 4.79 Å². The van der Waals surface area contributed by atoms with E-state index in [1.54, 1.807) is 0 Å². The fourth-order valence-electron chi connectivity index (χ4n) is 2.00. The topological polar surface area (TPSA) is 63.7 Å². The lowest BCUT2D eigenvalue weighted by atomic mass is 9.97. The summed E-state index contributed by atoms with van der Waals surface area (Å²) in [6.45, 7) is 1.12. The fraction of sp³-hybridized carbons (Fsp3) is 0.889. The third-order valence-electron chi connectivity index (χ3n) is 3.13. The fourth-order valence-corrected chi connectivity index (χ4v) is 2.71. The van der Waals surface area contributed by atoms with Crippen LogP contribution in [0.5, 0.6) is 0 Å². The Balaban J connectivity index is 1.85. The first-order valence-electron chi connectivity index (χ1n) is 5.28. The minimum Gasteiger partial charge on any atom is -0.381 e. The number of carbonyl (C=O) groups is 1. The minimum atomic E-state index is -4.48. The first-order chi connectivity index (χ1) is 7.48. The number of hydrogen-bond donors (Lipinski definition) is 0. The number of rotatable bonds is 2. The molecule has 0 aromatic heterocycles. The average molecular weight is 251 g/mol. The van der Waals surface area contributed by atoms with Gasteiger partial charge in [0, 0.05) is 32.2 Å². The summed E-state index contributed by atoms with van der Waals surface area (Å²) in [6.07, 6.45) is 1.34. The van der Waals surface area contributed by atoms with Crippen LogP contribution in [-0.2, 0) is 19.8 Å². The van der Waals surface area contributed by atoms with Crippen molar-refractivity contribution in [2.75, 3.05) is 26.3 Å². The van der Waals surface area contributed by atoms with Crippen molar-refractivity contribution in [1.29, 1.82) is 0 Å². The first kappa shape index (κ1) is 11.8. The van der Waals surface area contributed by atoms with Gasteiger partial charge in [0.25, 0.3) is 0 Å². The molecule has 0 atom stereocenters. The Labute approximate surface area is 93.8 Å². The molecule has 2 heterocycles. The number of ether oxygens (including phenoxy) is 1. The van der Waals surface area contributed by atoms with Crippen molar-refractivity contribution in [3.8, 4) is 0 Å². The number of likely N-dealkylation sites (tertiary alicyclic amines) is 1. The van der Waals surface area contributed by atoms with Crippen molar-refractivity contribution >= 4 is 16.1 Å². The zero-order valence-corrected chi connectivity index (χ0v) is 9.58. The third kappa shape index (κ3) is 2.35. The van der Waals surface area contributed by atoms with E-state index in [-0.39, 0.29) is 24.9 Å². The summed E-state index contributed by atoms with van der Waals surface area (Å²) in [5.41, 5.74) is 0. The Morgan fingerprint density at radius 3 is 2.31 bits per heavy atom. The molecule has 2 saturated heterocycles. The monoisotopic (exact) mass is 251 g/mol. The van der Waals surface area contributed by atoms with Crippen molar-refractivity contribution in [1.82, 2.24) is 4.90 Å². The van der Waals surface area contributed by atoms with E-state index in [0.29, 0.717) is 26.1 Å². The molecule has 0 radical (unpaired) electrons. The van der Waals surface area contributed by atoms with E-state index in [2.05, 4.69) is 0 Å². The second kappa shape index (κ2) is 4.29. The van der Waals surface area contributed by atoms with Crippen LogP contribution in [0.3, 0.4) is 0 Å². The molecule has 0 spiro atoms. The number of amides is 1. The molecule has 16 heavy (non-hydrogen) atoms. The molecule has 5 nitrogen and oxygen atoms in total. The summed E-state index contributed by atoms with van der Waals surface area (Å²) in [4.78, 5) is 13.2. The summed E-state index contributed by atoms with van der Waals surface area (Å²) < 4.78 is 38.7. The summed E-state index contributed by atoms with van der Waals surface area (Å²) in [5.74, 6) is -0.153. The lowest BCUT2D eigenvalue weighted by Crippen LogP contribution is -2.57. The predicted octanol–water partition coefficient (Wildman–Crippen LogP) is -0.0769. The van der Waals surface area contributed by atoms with E-state index in [1.165, 1.54) is 4.90 Å². The molecule has 7 heteroatoms. The van der Waals surface area contributed by atoms with Crippen LogP contribution in [-0.4, -0.2) is 50.8 Å². The molecule has 2 rings (SSSR count). The van der Waals surface area contributed by atoms with Crippen LogP contribution in [0.2, 0.25) is 0 Å². The first-order valence-corrected chi connectivity index (χ1v) is 6.73. The average Bonchev–Trinajstić information content (AvgIpc) is 2.14. The molecule has 0 aliphatic carbocycles. The van der Waals surface area contributed by atoms with Crippen LogP contribution in [0.15, 0.2) is 0 Å². The number of halogens is 1. The molecule has 2 aliphatic rings. The highest BCUT2D eigenvalue weighted by molar-refractivity contribution is 7.87. The largest absolute Gasteiger partial charge is 0.381 e. The van der Waals surface area contributed by atoms with Crippen LogP contribution >= 0.6 is 0 Å². The zero-order valence-electron chi connectivity index (χ0n) is 8.76. The smallest absolute Gasteiger partial charge is 0.308 e. The molecule has 0 aromatic carbocycles. The maximum atomic E-state index is 12.5. The second-order valence-electron chi connectivity index (χ2n) is 4.23. The van der Waals surface area contributed by atoms with E-state index < -0.39 is 15.5 Å².